The first-order chi connectivity index (χ1) is 11.2. The summed E-state index contributed by atoms with van der Waals surface area (Å²) in [6, 6.07) is 11.0. The maximum Gasteiger partial charge on any atom is 0.135 e. The number of nitrogens with zero attached hydrogens (tertiary/aromatic N) is 2. The van der Waals surface area contributed by atoms with Gasteiger partial charge in [0.15, 0.2) is 0 Å². The molecule has 4 heteroatoms. The number of aromatic nitrogens is 2. The van der Waals surface area contributed by atoms with Crippen molar-refractivity contribution < 1.29 is 0 Å². The highest BCUT2D eigenvalue weighted by Gasteiger charge is 2.14. The first kappa shape index (κ1) is 15.8. The maximum absolute atomic E-state index is 4.37. The molecule has 1 aliphatic rings. The first-order valence-electron chi connectivity index (χ1n) is 8.67. The number of rotatable bonds is 5. The summed E-state index contributed by atoms with van der Waals surface area (Å²) in [6.07, 6.45) is 8.10. The van der Waals surface area contributed by atoms with Crippen LogP contribution in [0.4, 0.5) is 17.3 Å². The average Bonchev–Trinajstić information content (AvgIpc) is 2.56. The fourth-order valence-corrected chi connectivity index (χ4v) is 3.21. The molecule has 23 heavy (non-hydrogen) atoms. The molecule has 4 nitrogen and oxygen atoms in total. The molecule has 3 rings (SSSR count). The molecule has 0 radical (unpaired) electrons. The van der Waals surface area contributed by atoms with Crippen molar-refractivity contribution in [1.29, 1.82) is 0 Å². The summed E-state index contributed by atoms with van der Waals surface area (Å²) >= 11 is 0. The lowest BCUT2D eigenvalue weighted by Crippen LogP contribution is -2.22. The molecule has 1 heterocycles. The molecule has 0 amide bonds. The molecule has 0 saturated heterocycles. The van der Waals surface area contributed by atoms with Gasteiger partial charge in [-0.1, -0.05) is 51.3 Å². The summed E-state index contributed by atoms with van der Waals surface area (Å²) in [6.45, 7) is 4.41. The monoisotopic (exact) mass is 310 g/mol. The van der Waals surface area contributed by atoms with Crippen LogP contribution in [0.25, 0.3) is 0 Å². The highest BCUT2D eigenvalue weighted by molar-refractivity contribution is 5.63. The third-order valence-electron chi connectivity index (χ3n) is 4.47. The van der Waals surface area contributed by atoms with Gasteiger partial charge in [-0.15, -0.1) is 0 Å². The Hall–Kier alpha value is -2.10. The van der Waals surface area contributed by atoms with E-state index < -0.39 is 0 Å². The number of para-hydroxylation sites is 1. The zero-order chi connectivity index (χ0) is 16.1. The van der Waals surface area contributed by atoms with Crippen LogP contribution in [0.2, 0.25) is 0 Å². The van der Waals surface area contributed by atoms with E-state index in [1.165, 1.54) is 37.7 Å². The highest BCUT2D eigenvalue weighted by Crippen LogP contribution is 2.27. The Morgan fingerprint density at radius 3 is 2.52 bits per heavy atom. The summed E-state index contributed by atoms with van der Waals surface area (Å²) in [5.41, 5.74) is 2.41. The number of benzene rings is 1. The zero-order valence-corrected chi connectivity index (χ0v) is 14.0. The smallest absolute Gasteiger partial charge is 0.135 e. The van der Waals surface area contributed by atoms with Crippen LogP contribution in [0.3, 0.4) is 0 Å². The Morgan fingerprint density at radius 2 is 1.74 bits per heavy atom. The van der Waals surface area contributed by atoms with Gasteiger partial charge in [-0.05, 0) is 30.4 Å². The van der Waals surface area contributed by atoms with Crippen molar-refractivity contribution in [3.8, 4) is 0 Å². The molecule has 2 N–H and O–H groups in total. The molecule has 1 saturated carbocycles. The van der Waals surface area contributed by atoms with Crippen molar-refractivity contribution in [3.05, 3.63) is 42.2 Å². The van der Waals surface area contributed by atoms with Crippen molar-refractivity contribution in [2.45, 2.75) is 57.9 Å². The molecule has 1 aromatic carbocycles. The van der Waals surface area contributed by atoms with Gasteiger partial charge in [0.1, 0.15) is 18.0 Å². The van der Waals surface area contributed by atoms with Gasteiger partial charge < -0.3 is 10.6 Å². The van der Waals surface area contributed by atoms with E-state index in [1.807, 2.05) is 6.07 Å². The van der Waals surface area contributed by atoms with E-state index in [4.69, 9.17) is 0 Å². The topological polar surface area (TPSA) is 49.8 Å². The van der Waals surface area contributed by atoms with Crippen molar-refractivity contribution in [3.63, 3.8) is 0 Å². The van der Waals surface area contributed by atoms with Crippen LogP contribution in [-0.2, 0) is 0 Å². The lowest BCUT2D eigenvalue weighted by Gasteiger charge is -2.23. The van der Waals surface area contributed by atoms with E-state index in [1.54, 1.807) is 6.33 Å². The van der Waals surface area contributed by atoms with Crippen LogP contribution < -0.4 is 10.6 Å². The summed E-state index contributed by atoms with van der Waals surface area (Å²) in [5.74, 6) is 2.23. The molecule has 0 spiro atoms. The number of hydrogen-bond acceptors (Lipinski definition) is 4. The summed E-state index contributed by atoms with van der Waals surface area (Å²) in [5, 5.41) is 6.99. The first-order valence-corrected chi connectivity index (χ1v) is 8.67. The van der Waals surface area contributed by atoms with E-state index >= 15 is 0 Å². The minimum Gasteiger partial charge on any atom is -0.367 e. The molecule has 1 aromatic heterocycles. The molecular weight excluding hydrogens is 284 g/mol. The van der Waals surface area contributed by atoms with Gasteiger partial charge in [0.05, 0.1) is 0 Å². The average molecular weight is 310 g/mol. The predicted molar refractivity (Wildman–Crippen MR) is 96.3 cm³/mol. The Morgan fingerprint density at radius 1 is 1.00 bits per heavy atom. The normalized spacial score (nSPS) is 15.6. The second-order valence-electron chi connectivity index (χ2n) is 6.63. The Labute approximate surface area is 138 Å². The van der Waals surface area contributed by atoms with E-state index in [9.17, 15) is 0 Å². The zero-order valence-electron chi connectivity index (χ0n) is 14.0. The molecule has 2 aromatic rings. The minimum atomic E-state index is 0.473. The number of anilines is 3. The van der Waals surface area contributed by atoms with Crippen molar-refractivity contribution in [1.82, 2.24) is 9.97 Å². The van der Waals surface area contributed by atoms with Crippen LogP contribution in [0.15, 0.2) is 36.7 Å². The lowest BCUT2D eigenvalue weighted by atomic mass is 9.95. The van der Waals surface area contributed by atoms with Gasteiger partial charge in [0.2, 0.25) is 0 Å². The molecule has 0 bridgehead atoms. The summed E-state index contributed by atoms with van der Waals surface area (Å²) in [4.78, 5) is 8.74. The van der Waals surface area contributed by atoms with Crippen LogP contribution >= 0.6 is 0 Å². The summed E-state index contributed by atoms with van der Waals surface area (Å²) in [7, 11) is 0. The predicted octanol–water partition coefficient (Wildman–Crippen LogP) is 5.09. The van der Waals surface area contributed by atoms with Crippen LogP contribution in [0.1, 0.15) is 57.4 Å². The van der Waals surface area contributed by atoms with E-state index in [-0.39, 0.29) is 0 Å². The van der Waals surface area contributed by atoms with Crippen LogP contribution in [-0.4, -0.2) is 16.0 Å². The lowest BCUT2D eigenvalue weighted by molar-refractivity contribution is 0.462. The van der Waals surface area contributed by atoms with Gasteiger partial charge in [-0.25, -0.2) is 9.97 Å². The van der Waals surface area contributed by atoms with Crippen LogP contribution in [0.5, 0.6) is 0 Å². The number of nitrogens with one attached hydrogen (secondary N) is 2. The molecule has 0 atom stereocenters. The van der Waals surface area contributed by atoms with Crippen molar-refractivity contribution in [2.24, 2.45) is 0 Å². The Balaban J connectivity index is 1.72. The Bertz CT molecular complexity index is 633. The van der Waals surface area contributed by atoms with Gasteiger partial charge in [0.25, 0.3) is 0 Å². The largest absolute Gasteiger partial charge is 0.367 e. The SMILES string of the molecule is CC(C)c1ccccc1Nc1cc(NC2CCCCC2)ncn1. The fourth-order valence-electron chi connectivity index (χ4n) is 3.21. The minimum absolute atomic E-state index is 0.473. The maximum atomic E-state index is 4.37. The van der Waals surface area contributed by atoms with Gasteiger partial charge >= 0.3 is 0 Å². The van der Waals surface area contributed by atoms with Crippen molar-refractivity contribution in [2.75, 3.05) is 10.6 Å². The molecule has 0 aliphatic heterocycles. The van der Waals surface area contributed by atoms with Gasteiger partial charge in [-0.2, -0.15) is 0 Å². The van der Waals surface area contributed by atoms with Crippen LogP contribution in [0, 0.1) is 0 Å². The molecule has 0 unspecified atom stereocenters. The fraction of sp³-hybridized carbons (Fsp3) is 0.474. The second-order valence-corrected chi connectivity index (χ2v) is 6.63. The standard InChI is InChI=1S/C19H26N4/c1-14(2)16-10-6-7-11-17(16)23-19-12-18(20-13-21-19)22-15-8-4-3-5-9-15/h6-7,10-15H,3-5,8-9H2,1-2H3,(H2,20,21,22,23). The molecule has 122 valence electrons. The molecule has 1 aliphatic carbocycles. The molecule has 1 fully saturated rings. The quantitative estimate of drug-likeness (QED) is 0.807. The Kier molecular flexibility index (Phi) is 5.11. The van der Waals surface area contributed by atoms with Crippen molar-refractivity contribution >= 4 is 17.3 Å². The summed E-state index contributed by atoms with van der Waals surface area (Å²) < 4.78 is 0. The highest BCUT2D eigenvalue weighted by atomic mass is 15.1. The molecular formula is C19H26N4. The van der Waals surface area contributed by atoms with E-state index in [0.717, 1.165) is 17.3 Å². The van der Waals surface area contributed by atoms with E-state index in [2.05, 4.69) is 58.7 Å². The van der Waals surface area contributed by atoms with Gasteiger partial charge in [0, 0.05) is 17.8 Å². The second kappa shape index (κ2) is 7.44. The third kappa shape index (κ3) is 4.21. The van der Waals surface area contributed by atoms with E-state index in [0.29, 0.717) is 12.0 Å². The third-order valence-corrected chi connectivity index (χ3v) is 4.47. The number of hydrogen-bond donors (Lipinski definition) is 2. The van der Waals surface area contributed by atoms with Gasteiger partial charge in [-0.3, -0.25) is 0 Å².